The van der Waals surface area contributed by atoms with Crippen molar-refractivity contribution in [2.75, 3.05) is 101 Å². The number of phenols is 4. The Morgan fingerprint density at radius 2 is 0.649 bits per heavy atom. The normalized spacial score (nSPS) is 45.9. The van der Waals surface area contributed by atoms with Crippen molar-refractivity contribution in [2.24, 2.45) is 35.5 Å². The minimum atomic E-state index is -1.75. The molecule has 15 aliphatic carbocycles. The van der Waals surface area contributed by atoms with Gasteiger partial charge in [0.05, 0.1) is 140 Å². The van der Waals surface area contributed by atoms with Crippen molar-refractivity contribution < 1.29 is 172 Å². The summed E-state index contributed by atoms with van der Waals surface area (Å²) < 4.78 is 36.8. The summed E-state index contributed by atoms with van der Waals surface area (Å²) >= 11 is 0. The molecule has 30 rings (SSSR count). The Balaban J connectivity index is 0.000000112. The topological polar surface area (TPSA) is 337 Å². The minimum absolute atomic E-state index is 0. The molecule has 10 saturated carbocycles. The Kier molecular flexibility index (Phi) is 18.6. The fraction of sp³-hybridized carbons (Fsp3) is 0.679. The molecule has 134 heavy (non-hydrogen) atoms. The number of aliphatic hydroxyl groups is 7. The Labute approximate surface area is 813 Å². The first-order chi connectivity index (χ1) is 62.4. The molecule has 0 amide bonds. The number of likely N-dealkylation sites (tertiary alicyclic amines) is 5. The number of likely N-dealkylation sites (N-methyl/N-ethyl adjacent to an activating group) is 5. The lowest BCUT2D eigenvalue weighted by molar-refractivity contribution is -0.951. The third-order valence-electron chi connectivity index (χ3n) is 43.2. The number of piperidine rings is 5. The van der Waals surface area contributed by atoms with Gasteiger partial charge in [0, 0.05) is 158 Å². The number of aliphatic hydroxyl groups excluding tert-OH is 1. The van der Waals surface area contributed by atoms with Crippen LogP contribution >= 0.6 is 0 Å². The van der Waals surface area contributed by atoms with Gasteiger partial charge in [-0.2, -0.15) is 0 Å². The molecule has 0 aromatic heterocycles. The van der Waals surface area contributed by atoms with E-state index in [0.29, 0.717) is 140 Å². The highest BCUT2D eigenvalue weighted by molar-refractivity contribution is 5.96. The molecule has 25 aliphatic rings. The van der Waals surface area contributed by atoms with Crippen LogP contribution in [0.5, 0.6) is 51.7 Å². The molecular weight excluding hydrogens is 1900 g/mol. The highest BCUT2D eigenvalue weighted by Gasteiger charge is 2.87. The summed E-state index contributed by atoms with van der Waals surface area (Å²) in [4.78, 5) is 55.7. The molecule has 5 aromatic rings. The molecule has 28 heteroatoms. The predicted octanol–water partition coefficient (Wildman–Crippen LogP) is -1.47. The Hall–Kier alpha value is -6.06. The third-order valence-corrected chi connectivity index (χ3v) is 43.2. The zero-order chi connectivity index (χ0) is 89.7. The maximum absolute atomic E-state index is 15.4. The van der Waals surface area contributed by atoms with Gasteiger partial charge in [0.2, 0.25) is 0 Å². The molecule has 25 nitrogen and oxygen atoms in total. The van der Waals surface area contributed by atoms with Crippen LogP contribution in [0.4, 0.5) is 0 Å². The molecule has 5 saturated heterocycles. The number of nitrogens with zero attached hydrogens (tertiary/aromatic N) is 5. The molecule has 27 atom stereocenters. The molecule has 10 aliphatic heterocycles. The number of halogens is 3. The van der Waals surface area contributed by atoms with E-state index in [9.17, 15) is 70.6 Å². The van der Waals surface area contributed by atoms with Crippen molar-refractivity contribution in [3.8, 4) is 62.9 Å². The zero-order valence-corrected chi connectivity index (χ0v) is 82.4. The van der Waals surface area contributed by atoms with Gasteiger partial charge in [-0.15, -0.1) is 0 Å². The van der Waals surface area contributed by atoms with Gasteiger partial charge < -0.3 is 153 Å². The van der Waals surface area contributed by atoms with E-state index in [1.54, 1.807) is 12.1 Å². The summed E-state index contributed by atoms with van der Waals surface area (Å²) in [5.74, 6) is 3.73. The Bertz CT molecular complexity index is 5920. The highest BCUT2D eigenvalue weighted by Crippen LogP contribution is 2.76. The average molecular weight is 2030 g/mol. The van der Waals surface area contributed by atoms with Crippen molar-refractivity contribution in [1.82, 2.24) is 0 Å². The SMILES string of the molecule is C[N+]1(CC2CC2)CC[C@]23c4c5cc(-c6cc7c8c(c6O)O[C@H]6C(=O)CC[C@@]9(O)[C@@H](C7)[N+](C)(CC7CC7)CC[C@]869)c(O)c4O[C@H]2C(=O)CC[C@@]3(O)[C@H]1C5.C[N+]1(CC2CC2)CC[C@]23c4c5ccc(CO)c4O[C@H]2C(=O)CC[C@@]3(O)[C@H]1C5.C[N+]1(CC2CC2)CC[C@]23c4c5ccc(O)c4O[C@H]2C(O)(C2C[C@@]4(O)[C@H]6Cc7ccc(O)c8c7[C@@]4(CC[N+]6(C)CC4CC4)[C@@H](O8)C2=O)CCC3(O)[C@H]1C5.[Br-].[Br-].[Br-]. The number of hydrogen-bond acceptors (Lipinski definition) is 20. The fourth-order valence-corrected chi connectivity index (χ4v) is 36.5. The molecular formula is C106H130Br3N5O20+2. The molecule has 0 radical (unpaired) electrons. The summed E-state index contributed by atoms with van der Waals surface area (Å²) in [6.07, 6.45) is 17.1. The fourth-order valence-electron chi connectivity index (χ4n) is 36.5. The lowest BCUT2D eigenvalue weighted by atomic mass is 9.41. The van der Waals surface area contributed by atoms with Crippen LogP contribution in [0.15, 0.2) is 48.5 Å². The van der Waals surface area contributed by atoms with E-state index in [1.807, 2.05) is 30.3 Å². The maximum Gasteiger partial charge on any atom is 0.180 e. The molecule has 10 bridgehead atoms. The summed E-state index contributed by atoms with van der Waals surface area (Å²) in [6.45, 7) is 9.33. The number of aromatic hydroxyl groups is 4. The molecule has 11 N–H and O–H groups in total. The van der Waals surface area contributed by atoms with Crippen LogP contribution in [-0.4, -0.2) is 297 Å². The number of benzene rings is 5. The van der Waals surface area contributed by atoms with Gasteiger partial charge in [0.1, 0.15) is 75.7 Å². The number of carbonyl (C=O) groups excluding carboxylic acids is 4. The van der Waals surface area contributed by atoms with E-state index in [0.717, 1.165) is 158 Å². The van der Waals surface area contributed by atoms with Crippen LogP contribution in [0, 0.1) is 35.5 Å². The van der Waals surface area contributed by atoms with E-state index < -0.39 is 97.1 Å². The van der Waals surface area contributed by atoms with Crippen molar-refractivity contribution in [3.63, 3.8) is 0 Å². The number of quaternary nitrogens is 5. The van der Waals surface area contributed by atoms with Gasteiger partial charge in [0.15, 0.2) is 93.5 Å². The second kappa shape index (κ2) is 27.8. The summed E-state index contributed by atoms with van der Waals surface area (Å²) in [7, 11) is 11.5. The second-order valence-corrected chi connectivity index (χ2v) is 49.4. The van der Waals surface area contributed by atoms with E-state index in [1.165, 1.54) is 69.8 Å². The second-order valence-electron chi connectivity index (χ2n) is 49.4. The van der Waals surface area contributed by atoms with Crippen LogP contribution in [0.3, 0.4) is 0 Å². The van der Waals surface area contributed by atoms with Gasteiger partial charge in [-0.3, -0.25) is 19.2 Å². The maximum atomic E-state index is 15.4. The van der Waals surface area contributed by atoms with Crippen molar-refractivity contribution in [1.29, 1.82) is 0 Å². The largest absolute Gasteiger partial charge is 1.00 e. The number of ketones is 4. The number of hydrogen-bond donors (Lipinski definition) is 11. The predicted molar refractivity (Wildman–Crippen MR) is 473 cm³/mol. The number of ether oxygens (including phenoxy) is 5. The standard InChI is InChI=1S/C42H48N2O8.C42H50N2O8.C22H28NO4.3BrH/c1-43(19-21-3-4-21)13-11-39-31-23-15-25(33(47)35(31)51-37(39)27(45)7-9-41(39,49)29(43)17-23)26-16-24-18-30-42(50)10-8-28(46)38-40(42,32(24)36(52-38)34(26)48)12-14-44(30,2)20-22-5-6-22;1-43(20-22-3-4-22)16-14-39-32-25-8-10-28(46)35(32)52-37(39)40(48,11-12-41(39,49)29(43)17-25)26-19-42(50)30-18-24-7-9-27(45)34-31(24)38(42,36(51-34)33(26)47)13-15-44(30,2)21-23-5-6-23;1-23(11-13-2-3-13)9-8-21-18-14-4-5-15(12-24)19(18)27-20(21)16(25)6-7-22(21,26)17(23)10-14;;;/h15-16,21-22,29-30,37-38,49-50H,3-14,17-20H2,1-2H3;7-10,22-23,26,29-30,36-37,48-50H,3-6,11-21H2,1-2H3;4-5,13,17,20,24,26H,2-3,6-12H2,1H3;3*1H/q;;+1;;;/p+1/t29-,30-,37+,38+,39+,40+,41-,42-,43?,44?;26?,29-,30-,36+,37-,38+,39+,40?,41?,42-,43?,44?;17-,20+,21+,22-,23?;;;/m111.../s1. The van der Waals surface area contributed by atoms with Crippen LogP contribution in [-0.2, 0) is 85.0 Å². The minimum Gasteiger partial charge on any atom is -1.00 e. The summed E-state index contributed by atoms with van der Waals surface area (Å²) in [5.41, 5.74) is -0.999. The highest BCUT2D eigenvalue weighted by atomic mass is 79.9. The number of phenolic OH excluding ortho intramolecular Hbond substituents is 4. The van der Waals surface area contributed by atoms with E-state index >= 15 is 4.79 Å². The van der Waals surface area contributed by atoms with Gasteiger partial charge >= 0.3 is 0 Å². The van der Waals surface area contributed by atoms with Crippen molar-refractivity contribution in [3.05, 3.63) is 110 Å². The Morgan fingerprint density at radius 1 is 0.343 bits per heavy atom. The van der Waals surface area contributed by atoms with Crippen LogP contribution in [0.25, 0.3) is 11.1 Å². The van der Waals surface area contributed by atoms with Gasteiger partial charge in [-0.1, -0.05) is 24.3 Å². The molecule has 10 heterocycles. The summed E-state index contributed by atoms with van der Waals surface area (Å²) in [5, 5.41) is 135. The van der Waals surface area contributed by atoms with Crippen LogP contribution in [0.1, 0.15) is 215 Å². The van der Waals surface area contributed by atoms with E-state index in [2.05, 4.69) is 41.3 Å². The zero-order valence-electron chi connectivity index (χ0n) is 77.6. The molecule has 5 aromatic carbocycles. The molecule has 5 spiro atoms. The lowest BCUT2D eigenvalue weighted by Crippen LogP contribution is -3.00. The van der Waals surface area contributed by atoms with Crippen molar-refractivity contribution >= 4 is 23.1 Å². The Morgan fingerprint density at radius 3 is 1.03 bits per heavy atom. The van der Waals surface area contributed by atoms with E-state index in [-0.39, 0.29) is 171 Å². The molecule has 8 unspecified atom stereocenters. The number of rotatable bonds is 13. The number of carbonyl (C=O) groups is 4. The van der Waals surface area contributed by atoms with Crippen LogP contribution < -0.4 is 74.6 Å². The monoisotopic (exact) mass is 2030 g/mol. The van der Waals surface area contributed by atoms with Crippen molar-refractivity contribution in [2.45, 2.75) is 314 Å². The smallest absolute Gasteiger partial charge is 0.180 e. The van der Waals surface area contributed by atoms with Crippen LogP contribution in [0.2, 0.25) is 0 Å². The lowest BCUT2D eigenvalue weighted by Gasteiger charge is -2.69. The molecule has 718 valence electrons. The average Bonchev–Trinajstić information content (AvgIpc) is 1.41. The number of Topliss-reactive ketones (excluding diaryl/α,β-unsaturated/α-hetero) is 4. The quantitative estimate of drug-likeness (QED) is 0.0600. The molecule has 15 fully saturated rings. The summed E-state index contributed by atoms with van der Waals surface area (Å²) in [6, 6.07) is 14.8. The third kappa shape index (κ3) is 10.5. The first kappa shape index (κ1) is 89.3. The van der Waals surface area contributed by atoms with Gasteiger partial charge in [-0.05, 0) is 155 Å². The van der Waals surface area contributed by atoms with E-state index in [4.69, 9.17) is 23.7 Å². The first-order valence-corrected chi connectivity index (χ1v) is 50.7. The van der Waals surface area contributed by atoms with Gasteiger partial charge in [0.25, 0.3) is 0 Å². The first-order valence-electron chi connectivity index (χ1n) is 50.7. The van der Waals surface area contributed by atoms with Gasteiger partial charge in [-0.25, -0.2) is 0 Å².